The van der Waals surface area contributed by atoms with Crippen LogP contribution in [0, 0.1) is 0 Å². The Morgan fingerprint density at radius 2 is 2.26 bits per heavy atom. The van der Waals surface area contributed by atoms with Gasteiger partial charge in [-0.1, -0.05) is 6.07 Å². The molecule has 6 heteroatoms. The van der Waals surface area contributed by atoms with Crippen LogP contribution in [-0.2, 0) is 0 Å². The van der Waals surface area contributed by atoms with E-state index in [1.165, 1.54) is 12.3 Å². The quantitative estimate of drug-likeness (QED) is 0.774. The van der Waals surface area contributed by atoms with E-state index in [1.807, 2.05) is 19.1 Å². The molecule has 0 saturated heterocycles. The summed E-state index contributed by atoms with van der Waals surface area (Å²) in [6.45, 7) is 1.95. The minimum Gasteiger partial charge on any atom is -0.478 e. The van der Waals surface area contributed by atoms with E-state index in [4.69, 9.17) is 10.8 Å². The minimum atomic E-state index is -1.05. The monoisotopic (exact) mass is 258 g/mol. The number of anilines is 2. The molecule has 19 heavy (non-hydrogen) atoms. The molecule has 0 aliphatic carbocycles. The molecule has 0 aliphatic rings. The van der Waals surface area contributed by atoms with Crippen molar-refractivity contribution >= 4 is 17.5 Å². The fourth-order valence-corrected chi connectivity index (χ4v) is 1.64. The molecule has 0 spiro atoms. The fourth-order valence-electron chi connectivity index (χ4n) is 1.64. The van der Waals surface area contributed by atoms with Crippen molar-refractivity contribution in [3.8, 4) is 0 Å². The van der Waals surface area contributed by atoms with Crippen molar-refractivity contribution in [2.24, 2.45) is 0 Å². The first kappa shape index (κ1) is 12.8. The molecule has 2 aromatic rings. The Kier molecular flexibility index (Phi) is 3.61. The van der Waals surface area contributed by atoms with Crippen LogP contribution in [0.1, 0.15) is 28.9 Å². The van der Waals surface area contributed by atoms with E-state index in [-0.39, 0.29) is 11.6 Å². The number of hydrogen-bond acceptors (Lipinski definition) is 5. The molecule has 0 amide bonds. The summed E-state index contributed by atoms with van der Waals surface area (Å²) in [4.78, 5) is 18.8. The first-order chi connectivity index (χ1) is 9.08. The highest BCUT2D eigenvalue weighted by Gasteiger charge is 2.11. The second kappa shape index (κ2) is 5.34. The zero-order chi connectivity index (χ0) is 13.8. The molecule has 0 saturated carbocycles. The largest absolute Gasteiger partial charge is 0.478 e. The number of aromatic carboxylic acids is 1. The van der Waals surface area contributed by atoms with Crippen molar-refractivity contribution in [2.45, 2.75) is 13.0 Å². The Labute approximate surface area is 110 Å². The Morgan fingerprint density at radius 1 is 1.47 bits per heavy atom. The highest BCUT2D eigenvalue weighted by molar-refractivity contribution is 5.89. The van der Waals surface area contributed by atoms with Crippen LogP contribution >= 0.6 is 0 Å². The predicted molar refractivity (Wildman–Crippen MR) is 71.9 cm³/mol. The van der Waals surface area contributed by atoms with Gasteiger partial charge in [-0.25, -0.2) is 9.78 Å². The van der Waals surface area contributed by atoms with Crippen molar-refractivity contribution in [2.75, 3.05) is 11.1 Å². The maximum Gasteiger partial charge on any atom is 0.337 e. The first-order valence-corrected chi connectivity index (χ1v) is 5.73. The molecule has 0 aliphatic heterocycles. The number of rotatable bonds is 4. The summed E-state index contributed by atoms with van der Waals surface area (Å²) in [7, 11) is 0. The van der Waals surface area contributed by atoms with Crippen molar-refractivity contribution < 1.29 is 9.90 Å². The lowest BCUT2D eigenvalue weighted by atomic mass is 10.1. The van der Waals surface area contributed by atoms with E-state index in [9.17, 15) is 4.79 Å². The number of carboxylic acids is 1. The SMILES string of the molecule is CC(Nc1ncc(C(=O)O)cc1N)c1cccnc1. The van der Waals surface area contributed by atoms with Gasteiger partial charge in [-0.15, -0.1) is 0 Å². The third-order valence-electron chi connectivity index (χ3n) is 2.70. The summed E-state index contributed by atoms with van der Waals surface area (Å²) in [6.07, 6.45) is 4.72. The zero-order valence-corrected chi connectivity index (χ0v) is 10.4. The molecule has 2 rings (SSSR count). The van der Waals surface area contributed by atoms with E-state index in [1.54, 1.807) is 12.4 Å². The topological polar surface area (TPSA) is 101 Å². The summed E-state index contributed by atoms with van der Waals surface area (Å²) in [5.41, 5.74) is 7.14. The standard InChI is InChI=1S/C13H14N4O2/c1-8(9-3-2-4-15-6-9)17-12-11(14)5-10(7-16-12)13(18)19/h2-8H,14H2,1H3,(H,16,17)(H,18,19). The predicted octanol–water partition coefficient (Wildman–Crippen LogP) is 1.93. The Bertz CT molecular complexity index is 586. The van der Waals surface area contributed by atoms with E-state index in [0.717, 1.165) is 5.56 Å². The molecule has 6 nitrogen and oxygen atoms in total. The molecule has 0 aromatic carbocycles. The van der Waals surface area contributed by atoms with Crippen LogP contribution in [0.2, 0.25) is 0 Å². The fraction of sp³-hybridized carbons (Fsp3) is 0.154. The highest BCUT2D eigenvalue weighted by atomic mass is 16.4. The van der Waals surface area contributed by atoms with Crippen LogP contribution in [0.15, 0.2) is 36.8 Å². The van der Waals surface area contributed by atoms with E-state index >= 15 is 0 Å². The Morgan fingerprint density at radius 3 is 2.84 bits per heavy atom. The van der Waals surface area contributed by atoms with Gasteiger partial charge >= 0.3 is 5.97 Å². The number of carboxylic acid groups (broad SMARTS) is 1. The van der Waals surface area contributed by atoms with Gasteiger partial charge in [0.15, 0.2) is 0 Å². The first-order valence-electron chi connectivity index (χ1n) is 5.73. The van der Waals surface area contributed by atoms with Gasteiger partial charge in [-0.3, -0.25) is 4.98 Å². The third kappa shape index (κ3) is 2.98. The molecule has 98 valence electrons. The maximum absolute atomic E-state index is 10.8. The average molecular weight is 258 g/mol. The number of nitrogen functional groups attached to an aromatic ring is 1. The normalized spacial score (nSPS) is 11.8. The molecule has 2 heterocycles. The summed E-state index contributed by atoms with van der Waals surface area (Å²) < 4.78 is 0. The van der Waals surface area contributed by atoms with Gasteiger partial charge in [0.25, 0.3) is 0 Å². The highest BCUT2D eigenvalue weighted by Crippen LogP contribution is 2.22. The second-order valence-corrected chi connectivity index (χ2v) is 4.12. The van der Waals surface area contributed by atoms with Gasteiger partial charge < -0.3 is 16.2 Å². The van der Waals surface area contributed by atoms with Crippen LogP contribution in [0.5, 0.6) is 0 Å². The third-order valence-corrected chi connectivity index (χ3v) is 2.70. The summed E-state index contributed by atoms with van der Waals surface area (Å²) in [5, 5.41) is 12.0. The zero-order valence-electron chi connectivity index (χ0n) is 10.4. The van der Waals surface area contributed by atoms with Gasteiger partial charge in [0, 0.05) is 18.6 Å². The summed E-state index contributed by atoms with van der Waals surface area (Å²) in [6, 6.07) is 5.14. The number of nitrogens with one attached hydrogen (secondary N) is 1. The molecule has 1 unspecified atom stereocenters. The number of hydrogen-bond donors (Lipinski definition) is 3. The van der Waals surface area contributed by atoms with E-state index in [0.29, 0.717) is 11.5 Å². The lowest BCUT2D eigenvalue weighted by molar-refractivity contribution is 0.0696. The van der Waals surface area contributed by atoms with Gasteiger partial charge in [-0.05, 0) is 24.6 Å². The lowest BCUT2D eigenvalue weighted by Crippen LogP contribution is -2.11. The average Bonchev–Trinajstić information content (AvgIpc) is 2.41. The van der Waals surface area contributed by atoms with Crippen molar-refractivity contribution in [3.05, 3.63) is 47.9 Å². The molecule has 0 fully saturated rings. The number of aromatic nitrogens is 2. The molecule has 4 N–H and O–H groups in total. The Hall–Kier alpha value is -2.63. The van der Waals surface area contributed by atoms with E-state index in [2.05, 4.69) is 15.3 Å². The molecular weight excluding hydrogens is 244 g/mol. The van der Waals surface area contributed by atoms with Gasteiger partial charge in [0.1, 0.15) is 5.82 Å². The van der Waals surface area contributed by atoms with Crippen LogP contribution in [0.4, 0.5) is 11.5 Å². The second-order valence-electron chi connectivity index (χ2n) is 4.12. The van der Waals surface area contributed by atoms with Gasteiger partial charge in [0.2, 0.25) is 0 Å². The van der Waals surface area contributed by atoms with Crippen LogP contribution in [0.25, 0.3) is 0 Å². The van der Waals surface area contributed by atoms with Crippen LogP contribution in [-0.4, -0.2) is 21.0 Å². The molecule has 0 radical (unpaired) electrons. The maximum atomic E-state index is 10.8. The van der Waals surface area contributed by atoms with Gasteiger partial charge in [0.05, 0.1) is 17.3 Å². The van der Waals surface area contributed by atoms with E-state index < -0.39 is 5.97 Å². The molecule has 0 bridgehead atoms. The van der Waals surface area contributed by atoms with Crippen molar-refractivity contribution in [3.63, 3.8) is 0 Å². The summed E-state index contributed by atoms with van der Waals surface area (Å²) >= 11 is 0. The van der Waals surface area contributed by atoms with Crippen molar-refractivity contribution in [1.29, 1.82) is 0 Å². The number of pyridine rings is 2. The lowest BCUT2D eigenvalue weighted by Gasteiger charge is -2.16. The Balaban J connectivity index is 2.18. The smallest absolute Gasteiger partial charge is 0.337 e. The minimum absolute atomic E-state index is 0.0285. The molecular formula is C13H14N4O2. The number of nitrogens with zero attached hydrogens (tertiary/aromatic N) is 2. The molecule has 1 atom stereocenters. The van der Waals surface area contributed by atoms with Crippen LogP contribution < -0.4 is 11.1 Å². The number of carbonyl (C=O) groups is 1. The number of nitrogens with two attached hydrogens (primary N) is 1. The van der Waals surface area contributed by atoms with Crippen LogP contribution in [0.3, 0.4) is 0 Å². The van der Waals surface area contributed by atoms with Gasteiger partial charge in [-0.2, -0.15) is 0 Å². The molecule has 2 aromatic heterocycles. The van der Waals surface area contributed by atoms with Crippen molar-refractivity contribution in [1.82, 2.24) is 9.97 Å². The summed E-state index contributed by atoms with van der Waals surface area (Å²) in [5.74, 6) is -0.590.